The quantitative estimate of drug-likeness (QED) is 0.380. The summed E-state index contributed by atoms with van der Waals surface area (Å²) in [5.74, 6) is 0.833. The maximum absolute atomic E-state index is 11.9. The van der Waals surface area contributed by atoms with E-state index in [1.54, 1.807) is 0 Å². The summed E-state index contributed by atoms with van der Waals surface area (Å²) >= 11 is 0. The molecule has 0 bridgehead atoms. The molecule has 0 spiro atoms. The van der Waals surface area contributed by atoms with Crippen LogP contribution in [0.3, 0.4) is 0 Å². The minimum Gasteiger partial charge on any atom is -0.358 e. The van der Waals surface area contributed by atoms with Crippen LogP contribution < -0.4 is 0 Å². The molecule has 0 N–H and O–H groups in total. The van der Waals surface area contributed by atoms with Crippen molar-refractivity contribution in [1.29, 1.82) is 0 Å². The van der Waals surface area contributed by atoms with Crippen molar-refractivity contribution in [1.82, 2.24) is 0 Å². The Kier molecular flexibility index (Phi) is 26.4. The van der Waals surface area contributed by atoms with Crippen LogP contribution in [0, 0.1) is 27.7 Å². The fraction of sp³-hybridized carbons (Fsp3) is 0.438. The van der Waals surface area contributed by atoms with E-state index in [-0.39, 0.29) is 35.9 Å². The molecule has 0 unspecified atom stereocenters. The molecule has 1 rings (SSSR count). The predicted molar refractivity (Wildman–Crippen MR) is 80.6 cm³/mol. The van der Waals surface area contributed by atoms with Gasteiger partial charge in [-0.05, 0) is 5.92 Å². The van der Waals surface area contributed by atoms with Gasteiger partial charge in [0.2, 0.25) is 0 Å². The van der Waals surface area contributed by atoms with Gasteiger partial charge in [0.25, 0.3) is 0 Å². The van der Waals surface area contributed by atoms with Crippen molar-refractivity contribution in [2.45, 2.75) is 40.8 Å². The third-order valence-electron chi connectivity index (χ3n) is 1.28. The van der Waals surface area contributed by atoms with Crippen LogP contribution in [0.25, 0.3) is 0 Å². The number of hydrogen-bond donors (Lipinski definition) is 0. The van der Waals surface area contributed by atoms with Gasteiger partial charge in [0.15, 0.2) is 0 Å². The molecule has 0 aromatic heterocycles. The van der Waals surface area contributed by atoms with E-state index in [1.807, 2.05) is 13.8 Å². The molecule has 20 heavy (non-hydrogen) atoms. The standard InChI is InChI=1S/C8H6F3.C4H10.C2H6.2CH3.Pt/c1-6-2-4-7(5-3-6)8(9,10)11;1-4(2)3;1-2;;;/h2-5H,1H2;4H,1-3H3;1-2H3;2*1H3;/q-1;;;2*-1;. The molecular formula is C16H28F3Pt-3. The molecule has 1 aromatic carbocycles. The van der Waals surface area contributed by atoms with Crippen LogP contribution in [0.4, 0.5) is 13.2 Å². The van der Waals surface area contributed by atoms with Gasteiger partial charge in [-0.2, -0.15) is 37.8 Å². The monoisotopic (exact) mass is 472 g/mol. The van der Waals surface area contributed by atoms with E-state index in [0.29, 0.717) is 5.56 Å². The van der Waals surface area contributed by atoms with Gasteiger partial charge < -0.3 is 14.9 Å². The Balaban J connectivity index is -0.0000000733. The van der Waals surface area contributed by atoms with Gasteiger partial charge in [-0.1, -0.05) is 34.6 Å². The molecule has 0 heterocycles. The Morgan fingerprint density at radius 3 is 1.35 bits per heavy atom. The molecule has 0 aliphatic rings. The van der Waals surface area contributed by atoms with E-state index in [9.17, 15) is 13.2 Å². The summed E-state index contributed by atoms with van der Waals surface area (Å²) in [6.07, 6.45) is -4.24. The van der Waals surface area contributed by atoms with Crippen LogP contribution in [0.5, 0.6) is 0 Å². The van der Waals surface area contributed by atoms with Gasteiger partial charge in [-0.15, -0.1) is 12.1 Å². The van der Waals surface area contributed by atoms with Crippen molar-refractivity contribution in [3.63, 3.8) is 0 Å². The number of rotatable bonds is 0. The Hall–Kier alpha value is -0.432. The van der Waals surface area contributed by atoms with Crippen LogP contribution >= 0.6 is 0 Å². The average molecular weight is 472 g/mol. The molecule has 0 fully saturated rings. The first-order chi connectivity index (χ1) is 7.73. The van der Waals surface area contributed by atoms with Gasteiger partial charge in [-0.3, -0.25) is 0 Å². The zero-order chi connectivity index (χ0) is 14.1. The summed E-state index contributed by atoms with van der Waals surface area (Å²) in [6.45, 7) is 14.0. The molecule has 0 saturated carbocycles. The van der Waals surface area contributed by atoms with E-state index in [2.05, 4.69) is 27.7 Å². The Labute approximate surface area is 138 Å². The number of alkyl halides is 3. The van der Waals surface area contributed by atoms with E-state index in [0.717, 1.165) is 18.1 Å². The van der Waals surface area contributed by atoms with E-state index in [4.69, 9.17) is 0 Å². The minimum atomic E-state index is -4.24. The largest absolute Gasteiger partial charge is 0.414 e. The summed E-state index contributed by atoms with van der Waals surface area (Å²) in [6, 6.07) is 4.70. The van der Waals surface area contributed by atoms with Gasteiger partial charge in [0, 0.05) is 26.6 Å². The first-order valence-corrected chi connectivity index (χ1v) is 5.72. The molecular weight excluding hydrogens is 444 g/mol. The molecule has 0 amide bonds. The fourth-order valence-corrected chi connectivity index (χ4v) is 0.694. The molecule has 0 aliphatic carbocycles. The first-order valence-electron chi connectivity index (χ1n) is 5.72. The Morgan fingerprint density at radius 2 is 1.15 bits per heavy atom. The summed E-state index contributed by atoms with van der Waals surface area (Å²) in [4.78, 5) is 0. The predicted octanol–water partition coefficient (Wildman–Crippen LogP) is 6.47. The number of benzene rings is 1. The maximum atomic E-state index is 11.9. The zero-order valence-corrected chi connectivity index (χ0v) is 15.8. The molecule has 0 radical (unpaired) electrons. The fourth-order valence-electron chi connectivity index (χ4n) is 0.694. The second kappa shape index (κ2) is 16.6. The van der Waals surface area contributed by atoms with Crippen molar-refractivity contribution in [3.8, 4) is 0 Å². The Morgan fingerprint density at radius 1 is 0.900 bits per heavy atom. The average Bonchev–Trinajstić information content (AvgIpc) is 2.19. The molecule has 0 saturated heterocycles. The normalized spacial score (nSPS) is 8.45. The molecule has 4 heteroatoms. The van der Waals surface area contributed by atoms with Gasteiger partial charge in [0.05, 0.1) is 0 Å². The molecule has 126 valence electrons. The maximum Gasteiger partial charge on any atom is 0.414 e. The topological polar surface area (TPSA) is 0 Å². The molecule has 1 aromatic rings. The van der Waals surface area contributed by atoms with E-state index in [1.165, 1.54) is 12.1 Å². The van der Waals surface area contributed by atoms with Crippen LogP contribution in [0.2, 0.25) is 0 Å². The molecule has 0 nitrogen and oxygen atoms in total. The number of halogens is 3. The van der Waals surface area contributed by atoms with Crippen molar-refractivity contribution in [3.05, 3.63) is 57.2 Å². The van der Waals surface area contributed by atoms with Gasteiger partial charge in [0.1, 0.15) is 0 Å². The zero-order valence-electron chi connectivity index (χ0n) is 13.5. The summed E-state index contributed by atoms with van der Waals surface area (Å²) in [5, 5.41) is 0. The van der Waals surface area contributed by atoms with Crippen molar-refractivity contribution in [2.75, 3.05) is 0 Å². The van der Waals surface area contributed by atoms with Crippen LogP contribution in [-0.2, 0) is 27.2 Å². The third kappa shape index (κ3) is 19.9. The van der Waals surface area contributed by atoms with Crippen molar-refractivity contribution >= 4 is 0 Å². The second-order valence-electron chi connectivity index (χ2n) is 3.93. The third-order valence-corrected chi connectivity index (χ3v) is 1.28. The minimum absolute atomic E-state index is 0. The molecule has 0 atom stereocenters. The van der Waals surface area contributed by atoms with Crippen LogP contribution in [0.15, 0.2) is 24.3 Å². The van der Waals surface area contributed by atoms with Crippen molar-refractivity contribution in [2.24, 2.45) is 5.92 Å². The van der Waals surface area contributed by atoms with E-state index < -0.39 is 11.7 Å². The Bertz CT molecular complexity index is 274. The van der Waals surface area contributed by atoms with Gasteiger partial charge >= 0.3 is 6.18 Å². The van der Waals surface area contributed by atoms with E-state index >= 15 is 0 Å². The second-order valence-corrected chi connectivity index (χ2v) is 3.93. The number of hydrogen-bond acceptors (Lipinski definition) is 0. The summed E-state index contributed by atoms with van der Waals surface area (Å²) < 4.78 is 35.7. The smallest absolute Gasteiger partial charge is 0.358 e. The van der Waals surface area contributed by atoms with Gasteiger partial charge in [-0.25, -0.2) is 0 Å². The first kappa shape index (κ1) is 31.8. The summed E-state index contributed by atoms with van der Waals surface area (Å²) in [7, 11) is 0. The summed E-state index contributed by atoms with van der Waals surface area (Å²) in [5.41, 5.74) is -0.0529. The molecule has 0 aliphatic heterocycles. The SMILES string of the molecule is CC.CC(C)C.[CH2-]c1ccc(C(F)(F)F)cc1.[CH3-].[CH3-].[Pt]. The van der Waals surface area contributed by atoms with Crippen LogP contribution in [-0.4, -0.2) is 0 Å². The van der Waals surface area contributed by atoms with Crippen LogP contribution in [0.1, 0.15) is 45.7 Å². The van der Waals surface area contributed by atoms with Crippen molar-refractivity contribution < 1.29 is 34.2 Å².